The zero-order valence-electron chi connectivity index (χ0n) is 15.0. The van der Waals surface area contributed by atoms with Crippen molar-refractivity contribution in [3.63, 3.8) is 0 Å². The number of thiazole rings is 1. The minimum Gasteiger partial charge on any atom is -0.481 e. The first kappa shape index (κ1) is 20.5. The minimum absolute atomic E-state index is 0.00622. The van der Waals surface area contributed by atoms with E-state index in [4.69, 9.17) is 5.11 Å². The summed E-state index contributed by atoms with van der Waals surface area (Å²) in [5.41, 5.74) is 2.65. The van der Waals surface area contributed by atoms with Gasteiger partial charge in [0.2, 0.25) is 5.91 Å². The molecule has 0 bridgehead atoms. The summed E-state index contributed by atoms with van der Waals surface area (Å²) >= 11 is 2.50. The number of carboxylic acids is 1. The Kier molecular flexibility index (Phi) is 8.12. The largest absolute Gasteiger partial charge is 0.481 e. The Labute approximate surface area is 162 Å². The van der Waals surface area contributed by atoms with Crippen LogP contribution in [-0.4, -0.2) is 27.7 Å². The molecule has 0 saturated heterocycles. The Bertz CT molecular complexity index is 727. The number of unbranched alkanes of at least 4 members (excludes halogenated alkanes) is 1. The number of aromatic nitrogens is 1. The number of nitrogens with one attached hydrogen (secondary N) is 1. The monoisotopic (exact) mass is 392 g/mol. The number of benzene rings is 1. The van der Waals surface area contributed by atoms with E-state index < -0.39 is 5.97 Å². The Balaban J connectivity index is 1.66. The lowest BCUT2D eigenvalue weighted by atomic mass is 10.00. The molecule has 0 aliphatic heterocycles. The van der Waals surface area contributed by atoms with Gasteiger partial charge in [-0.3, -0.25) is 9.59 Å². The van der Waals surface area contributed by atoms with Gasteiger partial charge in [-0.05, 0) is 36.3 Å². The van der Waals surface area contributed by atoms with E-state index in [0.717, 1.165) is 23.5 Å². The van der Waals surface area contributed by atoms with E-state index in [9.17, 15) is 9.59 Å². The summed E-state index contributed by atoms with van der Waals surface area (Å²) in [6.45, 7) is 4.37. The molecular formula is C19H24N2O3S2. The lowest BCUT2D eigenvalue weighted by Gasteiger charge is -2.07. The molecule has 0 aliphatic rings. The maximum Gasteiger partial charge on any atom is 0.313 e. The quantitative estimate of drug-likeness (QED) is 0.449. The van der Waals surface area contributed by atoms with E-state index in [-0.39, 0.29) is 11.7 Å². The molecule has 1 amide bonds. The molecule has 0 atom stereocenters. The standard InChI is InChI=1S/C19H24N2O3S2/c1-13(2)15-9-7-14(8-10-15)5-3-4-6-16(22)21-19-20-11-18(26-19)25-12-17(23)24/h7-11,13H,3-6,12H2,1-2H3,(H,23,24)(H,20,21,22). The number of rotatable bonds is 10. The number of hydrogen-bond donors (Lipinski definition) is 2. The summed E-state index contributed by atoms with van der Waals surface area (Å²) in [5, 5.41) is 12.0. The molecule has 0 unspecified atom stereocenters. The average Bonchev–Trinajstić information content (AvgIpc) is 3.04. The molecule has 7 heteroatoms. The van der Waals surface area contributed by atoms with E-state index >= 15 is 0 Å². The van der Waals surface area contributed by atoms with Gasteiger partial charge in [0, 0.05) is 6.42 Å². The summed E-state index contributed by atoms with van der Waals surface area (Å²) in [6.07, 6.45) is 4.81. The van der Waals surface area contributed by atoms with Crippen LogP contribution in [0.25, 0.3) is 0 Å². The molecular weight excluding hydrogens is 368 g/mol. The van der Waals surface area contributed by atoms with Crippen molar-refractivity contribution < 1.29 is 14.7 Å². The van der Waals surface area contributed by atoms with Gasteiger partial charge in [-0.2, -0.15) is 0 Å². The number of amides is 1. The highest BCUT2D eigenvalue weighted by Crippen LogP contribution is 2.28. The summed E-state index contributed by atoms with van der Waals surface area (Å²) in [4.78, 5) is 26.6. The summed E-state index contributed by atoms with van der Waals surface area (Å²) in [7, 11) is 0. The number of aryl methyl sites for hydroxylation is 1. The fraction of sp³-hybridized carbons (Fsp3) is 0.421. The smallest absolute Gasteiger partial charge is 0.313 e. The van der Waals surface area contributed by atoms with Crippen LogP contribution in [0.5, 0.6) is 0 Å². The van der Waals surface area contributed by atoms with Crippen molar-refractivity contribution in [3.8, 4) is 0 Å². The van der Waals surface area contributed by atoms with E-state index in [1.807, 2.05) is 0 Å². The zero-order valence-corrected chi connectivity index (χ0v) is 16.7. The third-order valence-corrected chi connectivity index (χ3v) is 5.93. The molecule has 26 heavy (non-hydrogen) atoms. The van der Waals surface area contributed by atoms with Gasteiger partial charge >= 0.3 is 5.97 Å². The van der Waals surface area contributed by atoms with Gasteiger partial charge in [-0.1, -0.05) is 49.4 Å². The van der Waals surface area contributed by atoms with Gasteiger partial charge in [0.1, 0.15) is 0 Å². The average molecular weight is 393 g/mol. The molecule has 1 aromatic heterocycles. The van der Waals surface area contributed by atoms with Crippen molar-refractivity contribution >= 4 is 40.1 Å². The molecule has 5 nitrogen and oxygen atoms in total. The second-order valence-electron chi connectivity index (χ2n) is 6.32. The fourth-order valence-corrected chi connectivity index (χ4v) is 3.99. The first-order valence-corrected chi connectivity index (χ1v) is 10.4. The summed E-state index contributed by atoms with van der Waals surface area (Å²) in [5.74, 6) is -0.382. The third-order valence-electron chi connectivity index (χ3n) is 3.83. The molecule has 1 heterocycles. The minimum atomic E-state index is -0.868. The van der Waals surface area contributed by atoms with Gasteiger partial charge in [0.25, 0.3) is 0 Å². The highest BCUT2D eigenvalue weighted by Gasteiger charge is 2.08. The summed E-state index contributed by atoms with van der Waals surface area (Å²) < 4.78 is 0.785. The van der Waals surface area contributed by atoms with Crippen molar-refractivity contribution in [1.82, 2.24) is 4.98 Å². The van der Waals surface area contributed by atoms with Crippen molar-refractivity contribution in [3.05, 3.63) is 41.6 Å². The second-order valence-corrected chi connectivity index (χ2v) is 8.62. The molecule has 2 aromatic rings. The molecule has 0 saturated carbocycles. The van der Waals surface area contributed by atoms with E-state index in [1.54, 1.807) is 6.20 Å². The lowest BCUT2D eigenvalue weighted by molar-refractivity contribution is -0.133. The lowest BCUT2D eigenvalue weighted by Crippen LogP contribution is -2.10. The van der Waals surface area contributed by atoms with Gasteiger partial charge in [-0.25, -0.2) is 4.98 Å². The Morgan fingerprint density at radius 2 is 1.96 bits per heavy atom. The number of thioether (sulfide) groups is 1. The third kappa shape index (κ3) is 7.17. The fourth-order valence-electron chi connectivity index (χ4n) is 2.38. The van der Waals surface area contributed by atoms with Crippen LogP contribution in [0.15, 0.2) is 34.7 Å². The number of carboxylic acid groups (broad SMARTS) is 1. The van der Waals surface area contributed by atoms with Crippen LogP contribution in [0.4, 0.5) is 5.13 Å². The number of aliphatic carboxylic acids is 1. The molecule has 2 N–H and O–H groups in total. The van der Waals surface area contributed by atoms with Crippen molar-refractivity contribution in [2.45, 2.75) is 49.7 Å². The van der Waals surface area contributed by atoms with Crippen LogP contribution >= 0.6 is 23.1 Å². The molecule has 2 rings (SSSR count). The molecule has 0 radical (unpaired) electrons. The highest BCUT2D eigenvalue weighted by molar-refractivity contribution is 8.01. The van der Waals surface area contributed by atoms with Crippen LogP contribution in [-0.2, 0) is 16.0 Å². The number of anilines is 1. The normalized spacial score (nSPS) is 10.9. The predicted molar refractivity (Wildman–Crippen MR) is 107 cm³/mol. The molecule has 0 spiro atoms. The zero-order chi connectivity index (χ0) is 18.9. The number of hydrogen-bond acceptors (Lipinski definition) is 5. The first-order chi connectivity index (χ1) is 12.4. The SMILES string of the molecule is CC(C)c1ccc(CCCCC(=O)Nc2ncc(SCC(=O)O)s2)cc1. The highest BCUT2D eigenvalue weighted by atomic mass is 32.2. The number of carbonyl (C=O) groups excluding carboxylic acids is 1. The van der Waals surface area contributed by atoms with Gasteiger partial charge < -0.3 is 10.4 Å². The van der Waals surface area contributed by atoms with E-state index in [2.05, 4.69) is 48.4 Å². The van der Waals surface area contributed by atoms with Gasteiger partial charge in [0.05, 0.1) is 16.2 Å². The Hall–Kier alpha value is -1.86. The van der Waals surface area contributed by atoms with Gasteiger partial charge in [0.15, 0.2) is 5.13 Å². The van der Waals surface area contributed by atoms with Crippen LogP contribution in [0.3, 0.4) is 0 Å². The number of carbonyl (C=O) groups is 2. The first-order valence-electron chi connectivity index (χ1n) is 8.63. The van der Waals surface area contributed by atoms with Crippen LogP contribution in [0.1, 0.15) is 50.2 Å². The number of nitrogens with zero attached hydrogens (tertiary/aromatic N) is 1. The predicted octanol–water partition coefficient (Wildman–Crippen LogP) is 4.79. The van der Waals surface area contributed by atoms with Crippen LogP contribution in [0.2, 0.25) is 0 Å². The second kappa shape index (κ2) is 10.3. The van der Waals surface area contributed by atoms with E-state index in [1.165, 1.54) is 34.2 Å². The van der Waals surface area contributed by atoms with Crippen molar-refractivity contribution in [1.29, 1.82) is 0 Å². The molecule has 0 fully saturated rings. The maximum atomic E-state index is 12.0. The van der Waals surface area contributed by atoms with Crippen molar-refractivity contribution in [2.24, 2.45) is 0 Å². The Morgan fingerprint density at radius 1 is 1.23 bits per heavy atom. The topological polar surface area (TPSA) is 79.3 Å². The van der Waals surface area contributed by atoms with Crippen molar-refractivity contribution in [2.75, 3.05) is 11.1 Å². The molecule has 140 valence electrons. The summed E-state index contributed by atoms with van der Waals surface area (Å²) in [6, 6.07) is 8.69. The van der Waals surface area contributed by atoms with Crippen LogP contribution in [0, 0.1) is 0 Å². The van der Waals surface area contributed by atoms with Crippen LogP contribution < -0.4 is 5.32 Å². The van der Waals surface area contributed by atoms with Gasteiger partial charge in [-0.15, -0.1) is 11.8 Å². The Morgan fingerprint density at radius 3 is 2.62 bits per heavy atom. The molecule has 0 aliphatic carbocycles. The van der Waals surface area contributed by atoms with E-state index in [0.29, 0.717) is 17.5 Å². The molecule has 1 aromatic carbocycles. The maximum absolute atomic E-state index is 12.0.